The van der Waals surface area contributed by atoms with E-state index in [0.717, 1.165) is 20.6 Å². The average molecular weight is 368 g/mol. The molecular formula is C13H10BrN3OS2. The van der Waals surface area contributed by atoms with Crippen LogP contribution in [-0.4, -0.2) is 10.1 Å². The lowest BCUT2D eigenvalue weighted by Gasteiger charge is -2.03. The number of aromatic nitrogens is 2. The highest BCUT2D eigenvalue weighted by molar-refractivity contribution is 9.10. The van der Waals surface area contributed by atoms with Crippen molar-refractivity contribution in [1.82, 2.24) is 10.1 Å². The number of thiophene rings is 1. The van der Waals surface area contributed by atoms with E-state index >= 15 is 0 Å². The van der Waals surface area contributed by atoms with Gasteiger partial charge in [0.25, 0.3) is 0 Å². The first-order valence-corrected chi connectivity index (χ1v) is 8.47. The second kappa shape index (κ2) is 5.99. The highest BCUT2D eigenvalue weighted by Gasteiger charge is 2.10. The van der Waals surface area contributed by atoms with E-state index in [1.165, 1.54) is 0 Å². The molecule has 1 aromatic carbocycles. The largest absolute Gasteiger partial charge is 0.398 e. The molecule has 102 valence electrons. The van der Waals surface area contributed by atoms with Crippen LogP contribution >= 0.6 is 39.0 Å². The maximum Gasteiger partial charge on any atom is 0.237 e. The molecule has 2 heterocycles. The fourth-order valence-electron chi connectivity index (χ4n) is 1.60. The van der Waals surface area contributed by atoms with Gasteiger partial charge in [0.1, 0.15) is 0 Å². The van der Waals surface area contributed by atoms with E-state index in [4.69, 9.17) is 10.3 Å². The lowest BCUT2D eigenvalue weighted by atomic mass is 10.3. The number of nitrogens with zero attached hydrogens (tertiary/aromatic N) is 2. The van der Waals surface area contributed by atoms with Crippen LogP contribution in [0.3, 0.4) is 0 Å². The van der Waals surface area contributed by atoms with E-state index in [9.17, 15) is 0 Å². The molecule has 0 aliphatic heterocycles. The van der Waals surface area contributed by atoms with Gasteiger partial charge in [0, 0.05) is 26.0 Å². The van der Waals surface area contributed by atoms with Crippen LogP contribution in [0, 0.1) is 0 Å². The highest BCUT2D eigenvalue weighted by Crippen LogP contribution is 2.30. The number of halogens is 1. The Bertz CT molecular complexity index is 712. The third-order valence-electron chi connectivity index (χ3n) is 2.57. The fourth-order valence-corrected chi connectivity index (χ4v) is 3.58. The third kappa shape index (κ3) is 3.05. The Morgan fingerprint density at radius 1 is 1.35 bits per heavy atom. The Labute approximate surface area is 132 Å². The van der Waals surface area contributed by atoms with E-state index in [1.54, 1.807) is 23.1 Å². The second-order valence-electron chi connectivity index (χ2n) is 3.99. The molecule has 20 heavy (non-hydrogen) atoms. The number of hydrogen-bond acceptors (Lipinski definition) is 6. The number of thioether (sulfide) groups is 1. The van der Waals surface area contributed by atoms with Gasteiger partial charge in [-0.15, -0.1) is 11.8 Å². The molecule has 0 saturated heterocycles. The summed E-state index contributed by atoms with van der Waals surface area (Å²) in [6.45, 7) is 0. The fraction of sp³-hybridized carbons (Fsp3) is 0.0769. The molecular weight excluding hydrogens is 358 g/mol. The quantitative estimate of drug-likeness (QED) is 0.545. The van der Waals surface area contributed by atoms with Crippen molar-refractivity contribution in [3.63, 3.8) is 0 Å². The van der Waals surface area contributed by atoms with Gasteiger partial charge in [0.2, 0.25) is 11.7 Å². The standard InChI is InChI=1S/C13H10BrN3OS2/c14-9-1-2-10(15)11(5-9)20-7-12-16-13(17-18-12)8-3-4-19-6-8/h1-6H,7,15H2. The summed E-state index contributed by atoms with van der Waals surface area (Å²) in [5, 5.41) is 7.96. The molecule has 0 radical (unpaired) electrons. The predicted molar refractivity (Wildman–Crippen MR) is 85.7 cm³/mol. The minimum Gasteiger partial charge on any atom is -0.398 e. The van der Waals surface area contributed by atoms with E-state index in [2.05, 4.69) is 26.1 Å². The summed E-state index contributed by atoms with van der Waals surface area (Å²) in [5.41, 5.74) is 7.66. The summed E-state index contributed by atoms with van der Waals surface area (Å²) in [4.78, 5) is 5.37. The highest BCUT2D eigenvalue weighted by atomic mass is 79.9. The van der Waals surface area contributed by atoms with Gasteiger partial charge >= 0.3 is 0 Å². The Morgan fingerprint density at radius 2 is 2.25 bits per heavy atom. The van der Waals surface area contributed by atoms with Crippen LogP contribution in [-0.2, 0) is 5.75 Å². The van der Waals surface area contributed by atoms with Crippen molar-refractivity contribution in [1.29, 1.82) is 0 Å². The van der Waals surface area contributed by atoms with Crippen LogP contribution in [0.25, 0.3) is 11.4 Å². The molecule has 0 bridgehead atoms. The Morgan fingerprint density at radius 3 is 3.05 bits per heavy atom. The van der Waals surface area contributed by atoms with Gasteiger partial charge in [-0.05, 0) is 29.6 Å². The Hall–Kier alpha value is -1.31. The van der Waals surface area contributed by atoms with E-state index in [-0.39, 0.29) is 0 Å². The molecule has 3 rings (SSSR count). The smallest absolute Gasteiger partial charge is 0.237 e. The topological polar surface area (TPSA) is 64.9 Å². The second-order valence-corrected chi connectivity index (χ2v) is 6.71. The average Bonchev–Trinajstić information content (AvgIpc) is 3.09. The lowest BCUT2D eigenvalue weighted by molar-refractivity contribution is 0.391. The minimum absolute atomic E-state index is 0.593. The number of rotatable bonds is 4. The zero-order valence-electron chi connectivity index (χ0n) is 10.2. The SMILES string of the molecule is Nc1ccc(Br)cc1SCc1nc(-c2ccsc2)no1. The molecule has 4 nitrogen and oxygen atoms in total. The Kier molecular flexibility index (Phi) is 4.09. The van der Waals surface area contributed by atoms with Crippen LogP contribution < -0.4 is 5.73 Å². The maximum atomic E-state index is 5.93. The van der Waals surface area contributed by atoms with E-state index in [1.807, 2.05) is 35.0 Å². The molecule has 0 atom stereocenters. The molecule has 2 N–H and O–H groups in total. The van der Waals surface area contributed by atoms with Crippen molar-refractivity contribution in [2.45, 2.75) is 10.6 Å². The summed E-state index contributed by atoms with van der Waals surface area (Å²) < 4.78 is 6.25. The molecule has 0 aliphatic rings. The molecule has 0 fully saturated rings. The van der Waals surface area contributed by atoms with Crippen molar-refractivity contribution >= 4 is 44.7 Å². The van der Waals surface area contributed by atoms with Gasteiger partial charge in [-0.25, -0.2) is 0 Å². The minimum atomic E-state index is 0.593. The van der Waals surface area contributed by atoms with Gasteiger partial charge in [-0.2, -0.15) is 16.3 Å². The van der Waals surface area contributed by atoms with Crippen LogP contribution in [0.2, 0.25) is 0 Å². The molecule has 0 aliphatic carbocycles. The number of benzene rings is 1. The zero-order valence-corrected chi connectivity index (χ0v) is 13.5. The van der Waals surface area contributed by atoms with Crippen molar-refractivity contribution in [2.75, 3.05) is 5.73 Å². The molecule has 0 saturated carbocycles. The first-order valence-electron chi connectivity index (χ1n) is 5.75. The maximum absolute atomic E-state index is 5.93. The summed E-state index contributed by atoms with van der Waals surface area (Å²) >= 11 is 6.62. The zero-order chi connectivity index (χ0) is 13.9. The van der Waals surface area contributed by atoms with Crippen molar-refractivity contribution in [3.05, 3.63) is 45.4 Å². The van der Waals surface area contributed by atoms with Crippen molar-refractivity contribution < 1.29 is 4.52 Å². The lowest BCUT2D eigenvalue weighted by Crippen LogP contribution is -1.89. The van der Waals surface area contributed by atoms with E-state index < -0.39 is 0 Å². The monoisotopic (exact) mass is 367 g/mol. The number of hydrogen-bond donors (Lipinski definition) is 1. The van der Waals surface area contributed by atoms with Crippen LogP contribution in [0.1, 0.15) is 5.89 Å². The van der Waals surface area contributed by atoms with Gasteiger partial charge in [-0.1, -0.05) is 21.1 Å². The molecule has 2 aromatic heterocycles. The van der Waals surface area contributed by atoms with Crippen molar-refractivity contribution in [2.24, 2.45) is 0 Å². The van der Waals surface area contributed by atoms with Crippen LogP contribution in [0.5, 0.6) is 0 Å². The summed E-state index contributed by atoms with van der Waals surface area (Å²) in [5.74, 6) is 1.82. The normalized spacial score (nSPS) is 10.8. The Balaban J connectivity index is 1.71. The van der Waals surface area contributed by atoms with Crippen molar-refractivity contribution in [3.8, 4) is 11.4 Å². The molecule has 0 spiro atoms. The van der Waals surface area contributed by atoms with Gasteiger partial charge in [0.05, 0.1) is 5.75 Å². The molecule has 0 unspecified atom stereocenters. The number of anilines is 1. The van der Waals surface area contributed by atoms with Crippen LogP contribution in [0.4, 0.5) is 5.69 Å². The number of nitrogen functional groups attached to an aromatic ring is 1. The van der Waals surface area contributed by atoms with Crippen LogP contribution in [0.15, 0.2) is 48.9 Å². The van der Waals surface area contributed by atoms with Gasteiger partial charge in [-0.3, -0.25) is 0 Å². The van der Waals surface area contributed by atoms with Gasteiger partial charge < -0.3 is 10.3 Å². The first kappa shape index (κ1) is 13.7. The molecule has 0 amide bonds. The van der Waals surface area contributed by atoms with Gasteiger partial charge in [0.15, 0.2) is 0 Å². The van der Waals surface area contributed by atoms with E-state index in [0.29, 0.717) is 17.5 Å². The molecule has 3 aromatic rings. The first-order chi connectivity index (χ1) is 9.72. The summed E-state index contributed by atoms with van der Waals surface area (Å²) in [6, 6.07) is 7.74. The molecule has 7 heteroatoms. The third-order valence-corrected chi connectivity index (χ3v) is 4.81. The predicted octanol–water partition coefficient (Wildman–Crippen LogP) is 4.44. The summed E-state index contributed by atoms with van der Waals surface area (Å²) in [7, 11) is 0. The number of nitrogens with two attached hydrogens (primary N) is 1. The summed E-state index contributed by atoms with van der Waals surface area (Å²) in [6.07, 6.45) is 0.